The first kappa shape index (κ1) is 35.2. The molecule has 1 aliphatic carbocycles. The van der Waals surface area contributed by atoms with Crippen LogP contribution in [0.1, 0.15) is 20.7 Å². The lowest BCUT2D eigenvalue weighted by molar-refractivity contribution is 0.0696. The molecule has 282 valence electrons. The predicted octanol–water partition coefficient (Wildman–Crippen LogP) is 12.4. The van der Waals surface area contributed by atoms with Gasteiger partial charge >= 0.3 is 11.9 Å². The Morgan fingerprint density at radius 1 is 0.569 bits per heavy atom. The number of benzene rings is 7. The van der Waals surface area contributed by atoms with Crippen LogP contribution in [0.15, 0.2) is 121 Å². The smallest absolute Gasteiger partial charge is 0.337 e. The summed E-state index contributed by atoms with van der Waals surface area (Å²) < 4.78 is 51.0. The van der Waals surface area contributed by atoms with Crippen molar-refractivity contribution in [1.29, 1.82) is 0 Å². The van der Waals surface area contributed by atoms with Crippen LogP contribution in [-0.4, -0.2) is 27.3 Å². The van der Waals surface area contributed by atoms with Crippen LogP contribution in [0.25, 0.3) is 99.6 Å². The van der Waals surface area contributed by atoms with Crippen LogP contribution in [0.5, 0.6) is 5.75 Å². The molecule has 0 fully saturated rings. The minimum Gasteiger partial charge on any atom is -0.504 e. The fraction of sp³-hybridized carbons (Fsp3) is 0. The minimum absolute atomic E-state index is 0.0901. The van der Waals surface area contributed by atoms with Crippen molar-refractivity contribution in [2.75, 3.05) is 0 Å². The number of rotatable bonds is 5. The van der Waals surface area contributed by atoms with Crippen molar-refractivity contribution in [3.63, 3.8) is 0 Å². The summed E-state index contributed by atoms with van der Waals surface area (Å²) in [7, 11) is 0. The average molecular weight is 814 g/mol. The van der Waals surface area contributed by atoms with Gasteiger partial charge in [0.2, 0.25) is 17.1 Å². The molecule has 2 aromatic heterocycles. The van der Waals surface area contributed by atoms with E-state index < -0.39 is 72.8 Å². The molecule has 58 heavy (non-hydrogen) atoms. The van der Waals surface area contributed by atoms with Gasteiger partial charge < -0.3 is 28.6 Å². The van der Waals surface area contributed by atoms with Crippen LogP contribution < -0.4 is 5.43 Å². The number of para-hydroxylation sites is 2. The highest BCUT2D eigenvalue weighted by Crippen LogP contribution is 2.51. The fourth-order valence-electron chi connectivity index (χ4n) is 7.77. The molecule has 0 saturated heterocycles. The van der Waals surface area contributed by atoms with Crippen LogP contribution in [0.4, 0.5) is 8.78 Å². The number of carbonyl (C=O) groups is 2. The van der Waals surface area contributed by atoms with Gasteiger partial charge in [-0.3, -0.25) is 4.79 Å². The molecule has 9 nitrogen and oxygen atoms in total. The fourth-order valence-corrected chi connectivity index (χ4v) is 8.38. The molecule has 0 bridgehead atoms. The number of phenols is 1. The Hall–Kier alpha value is -7.21. The number of phenolic OH excluding ortho intramolecular Hbond substituents is 1. The third-order valence-electron chi connectivity index (χ3n) is 10.4. The lowest BCUT2D eigenvalue weighted by Crippen LogP contribution is -2.14. The van der Waals surface area contributed by atoms with Crippen molar-refractivity contribution in [3.05, 3.63) is 146 Å². The first-order chi connectivity index (χ1) is 27.9. The summed E-state index contributed by atoms with van der Waals surface area (Å²) >= 11 is 13.2. The van der Waals surface area contributed by atoms with Crippen LogP contribution in [0.3, 0.4) is 0 Å². The van der Waals surface area contributed by atoms with Gasteiger partial charge in [0.05, 0.1) is 21.2 Å². The van der Waals surface area contributed by atoms with Gasteiger partial charge in [-0.25, -0.2) is 9.59 Å². The molecule has 3 heterocycles. The Balaban J connectivity index is 1.35. The maximum absolute atomic E-state index is 16.7. The van der Waals surface area contributed by atoms with Crippen molar-refractivity contribution in [2.24, 2.45) is 0 Å². The van der Waals surface area contributed by atoms with Crippen LogP contribution >= 0.6 is 23.2 Å². The second-order valence-corrected chi connectivity index (χ2v) is 14.4. The molecule has 0 radical (unpaired) electrons. The zero-order valence-electron chi connectivity index (χ0n) is 29.1. The second-order valence-electron chi connectivity index (χ2n) is 13.6. The summed E-state index contributed by atoms with van der Waals surface area (Å²) in [5.74, 6) is -7.85. The quantitative estimate of drug-likeness (QED) is 0.144. The van der Waals surface area contributed by atoms with Crippen LogP contribution in [0.2, 0.25) is 10.0 Å². The molecule has 1 aliphatic heterocycles. The van der Waals surface area contributed by atoms with Crippen molar-refractivity contribution in [2.45, 2.75) is 0 Å². The summed E-state index contributed by atoms with van der Waals surface area (Å²) in [5.41, 5.74) is -1.86. The molecule has 10 rings (SSSR count). The first-order valence-corrected chi connectivity index (χ1v) is 18.1. The summed E-state index contributed by atoms with van der Waals surface area (Å²) in [6, 6.07) is 27.6. The number of aromatic hydroxyl groups is 1. The third-order valence-corrected chi connectivity index (χ3v) is 11.1. The topological polar surface area (TPSA) is 151 Å². The zero-order valence-corrected chi connectivity index (χ0v) is 30.6. The number of carboxylic acids is 2. The molecule has 0 spiro atoms. The van der Waals surface area contributed by atoms with Gasteiger partial charge in [-0.05, 0) is 65.7 Å². The average Bonchev–Trinajstić information content (AvgIpc) is 3.78. The number of aromatic carboxylic acids is 2. The van der Waals surface area contributed by atoms with E-state index in [0.29, 0.717) is 38.7 Å². The van der Waals surface area contributed by atoms with Crippen molar-refractivity contribution < 1.29 is 46.9 Å². The highest BCUT2D eigenvalue weighted by atomic mass is 35.5. The van der Waals surface area contributed by atoms with E-state index in [0.717, 1.165) is 16.8 Å². The van der Waals surface area contributed by atoms with E-state index in [9.17, 15) is 29.7 Å². The van der Waals surface area contributed by atoms with Crippen LogP contribution in [-0.2, 0) is 0 Å². The van der Waals surface area contributed by atoms with E-state index in [-0.39, 0.29) is 33.2 Å². The largest absolute Gasteiger partial charge is 0.504 e. The van der Waals surface area contributed by atoms with Gasteiger partial charge in [0.15, 0.2) is 17.1 Å². The monoisotopic (exact) mass is 812 g/mol. The number of hydrogen-bond donors (Lipinski definition) is 3. The molecule has 2 aliphatic rings. The lowest BCUT2D eigenvalue weighted by atomic mass is 9.86. The SMILES string of the molecule is O=C(O)c1cc(Cl)c(-c2c3cc(-c4ccc5oc6ccccc6c5c4)c(=O)c(F)c-3oc3c(F)c(O)c(-c4ccc5oc6ccccc6c5c4)cc23)c(C(=O)O)c1Cl. The first-order valence-electron chi connectivity index (χ1n) is 17.4. The molecule has 0 unspecified atom stereocenters. The maximum atomic E-state index is 16.7. The van der Waals surface area contributed by atoms with E-state index in [1.54, 1.807) is 60.7 Å². The van der Waals surface area contributed by atoms with Gasteiger partial charge in [0.1, 0.15) is 22.3 Å². The third kappa shape index (κ3) is 5.03. The van der Waals surface area contributed by atoms with E-state index in [4.69, 9.17) is 36.5 Å². The molecule has 3 N–H and O–H groups in total. The highest BCUT2D eigenvalue weighted by molar-refractivity contribution is 6.41. The van der Waals surface area contributed by atoms with Crippen molar-refractivity contribution in [1.82, 2.24) is 0 Å². The van der Waals surface area contributed by atoms with Crippen molar-refractivity contribution in [3.8, 4) is 50.5 Å². The Kier molecular flexibility index (Phi) is 7.68. The Morgan fingerprint density at radius 2 is 1.14 bits per heavy atom. The van der Waals surface area contributed by atoms with E-state index >= 15 is 8.78 Å². The van der Waals surface area contributed by atoms with E-state index in [1.807, 2.05) is 24.3 Å². The van der Waals surface area contributed by atoms with Crippen LogP contribution in [0, 0.1) is 11.6 Å². The summed E-state index contributed by atoms with van der Waals surface area (Å²) in [4.78, 5) is 39.1. The Morgan fingerprint density at radius 3 is 1.72 bits per heavy atom. The molecule has 13 heteroatoms. The number of carboxylic acid groups (broad SMARTS) is 2. The molecule has 6 aromatic carbocycles. The summed E-state index contributed by atoms with van der Waals surface area (Å²) in [6.07, 6.45) is 0. The van der Waals surface area contributed by atoms with Gasteiger partial charge in [0.25, 0.3) is 0 Å². The summed E-state index contributed by atoms with van der Waals surface area (Å²) in [5, 5.41) is 33.2. The van der Waals surface area contributed by atoms with E-state index in [2.05, 4.69) is 0 Å². The molecule has 8 aromatic rings. The Bertz CT molecular complexity index is 3510. The molecule has 0 saturated carbocycles. The predicted molar refractivity (Wildman–Crippen MR) is 215 cm³/mol. The van der Waals surface area contributed by atoms with Crippen molar-refractivity contribution >= 4 is 90.0 Å². The number of hydrogen-bond acceptors (Lipinski definition) is 7. The number of halogens is 4. The van der Waals surface area contributed by atoms with E-state index in [1.165, 1.54) is 12.1 Å². The number of fused-ring (bicyclic) bond motifs is 8. The zero-order chi connectivity index (χ0) is 40.3. The normalized spacial score (nSPS) is 11.9. The molecule has 0 atom stereocenters. The van der Waals surface area contributed by atoms with Gasteiger partial charge in [0, 0.05) is 54.7 Å². The number of furan rings is 2. The van der Waals surface area contributed by atoms with Gasteiger partial charge in [-0.1, -0.05) is 71.7 Å². The molecular weight excluding hydrogens is 793 g/mol. The van der Waals surface area contributed by atoms with Gasteiger partial charge in [-0.15, -0.1) is 0 Å². The molecule has 0 amide bonds. The van der Waals surface area contributed by atoms with Gasteiger partial charge in [-0.2, -0.15) is 8.78 Å². The lowest BCUT2D eigenvalue weighted by Gasteiger charge is -2.21. The Labute approximate surface area is 332 Å². The second kappa shape index (κ2) is 12.7. The summed E-state index contributed by atoms with van der Waals surface area (Å²) in [6.45, 7) is 0. The molecular formula is C45H20Cl2F2O9. The highest BCUT2D eigenvalue weighted by Gasteiger charge is 2.33. The minimum atomic E-state index is -1.72. The maximum Gasteiger partial charge on any atom is 0.337 e. The standard InChI is InChI=1S/C45H20Cl2F2O9/c46-29-17-28(44(52)53)37(47)36(45(54)55)35(29)34-26-15-22(18-9-11-32-24(13-18)20-5-1-3-7-30(20)56-32)40(50)38(48)42(26)58-43-27(34)16-23(41(51)39(43)49)19-10-12-33-25(14-19)21-6-2-4-8-31(21)57-33/h1-17,50H,(H,52,53)(H,54,55).